The summed E-state index contributed by atoms with van der Waals surface area (Å²) in [6.45, 7) is 6.18. The summed E-state index contributed by atoms with van der Waals surface area (Å²) in [5.41, 5.74) is 0. The second-order valence-corrected chi connectivity index (χ2v) is 6.72. The molecule has 2 aliphatic rings. The summed E-state index contributed by atoms with van der Waals surface area (Å²) >= 11 is 0. The maximum Gasteiger partial charge on any atom is 0.0445 e. The van der Waals surface area contributed by atoms with E-state index in [1.54, 1.807) is 0 Å². The Labute approximate surface area is 125 Å². The molecule has 1 saturated carbocycles. The van der Waals surface area contributed by atoms with E-state index in [1.165, 1.54) is 64.5 Å². The normalized spacial score (nSPS) is 33.0. The van der Waals surface area contributed by atoms with Crippen molar-refractivity contribution in [3.05, 3.63) is 0 Å². The predicted molar refractivity (Wildman–Crippen MR) is 85.0 cm³/mol. The van der Waals surface area contributed by atoms with Crippen molar-refractivity contribution in [1.82, 2.24) is 10.2 Å². The standard InChI is InChI=1S/C17H34N2O/c1-2-18-17-10-5-3-4-8-15(17)14-19-12-7-6-9-16(19)11-13-20/h15-18,20H,2-14H2,1H3. The number of likely N-dealkylation sites (tertiary alicyclic amines) is 1. The van der Waals surface area contributed by atoms with Crippen molar-refractivity contribution in [1.29, 1.82) is 0 Å². The topological polar surface area (TPSA) is 35.5 Å². The van der Waals surface area contributed by atoms with E-state index in [4.69, 9.17) is 0 Å². The van der Waals surface area contributed by atoms with Crippen LogP contribution in [-0.4, -0.2) is 48.3 Å². The zero-order valence-electron chi connectivity index (χ0n) is 13.3. The largest absolute Gasteiger partial charge is 0.396 e. The molecule has 3 heteroatoms. The highest BCUT2D eigenvalue weighted by Crippen LogP contribution is 2.27. The zero-order valence-corrected chi connectivity index (χ0v) is 13.3. The maximum atomic E-state index is 9.28. The van der Waals surface area contributed by atoms with Crippen LogP contribution in [0.3, 0.4) is 0 Å². The van der Waals surface area contributed by atoms with Gasteiger partial charge in [0.1, 0.15) is 0 Å². The molecule has 3 atom stereocenters. The minimum atomic E-state index is 0.350. The van der Waals surface area contributed by atoms with E-state index in [1.807, 2.05) is 0 Å². The van der Waals surface area contributed by atoms with Gasteiger partial charge in [0, 0.05) is 25.2 Å². The summed E-state index contributed by atoms with van der Waals surface area (Å²) in [6, 6.07) is 1.36. The summed E-state index contributed by atoms with van der Waals surface area (Å²) in [7, 11) is 0. The summed E-state index contributed by atoms with van der Waals surface area (Å²) in [4.78, 5) is 2.69. The maximum absolute atomic E-state index is 9.28. The molecule has 2 rings (SSSR count). The van der Waals surface area contributed by atoms with Gasteiger partial charge in [-0.3, -0.25) is 4.90 Å². The van der Waals surface area contributed by atoms with Crippen molar-refractivity contribution in [3.8, 4) is 0 Å². The number of rotatable bonds is 6. The highest BCUT2D eigenvalue weighted by Gasteiger charge is 2.29. The number of nitrogens with zero attached hydrogens (tertiary/aromatic N) is 1. The van der Waals surface area contributed by atoms with E-state index >= 15 is 0 Å². The van der Waals surface area contributed by atoms with Crippen LogP contribution < -0.4 is 5.32 Å². The monoisotopic (exact) mass is 282 g/mol. The van der Waals surface area contributed by atoms with Gasteiger partial charge in [-0.25, -0.2) is 0 Å². The lowest BCUT2D eigenvalue weighted by Crippen LogP contribution is -2.47. The molecule has 118 valence electrons. The van der Waals surface area contributed by atoms with Gasteiger partial charge in [0.15, 0.2) is 0 Å². The fraction of sp³-hybridized carbons (Fsp3) is 1.00. The van der Waals surface area contributed by atoms with Gasteiger partial charge in [-0.15, -0.1) is 0 Å². The summed E-state index contributed by atoms with van der Waals surface area (Å²) in [5.74, 6) is 0.816. The molecule has 0 radical (unpaired) electrons. The second kappa shape index (κ2) is 9.01. The fourth-order valence-electron chi connectivity index (χ4n) is 4.21. The molecular formula is C17H34N2O. The number of aliphatic hydroxyl groups is 1. The molecule has 1 aliphatic heterocycles. The third-order valence-electron chi connectivity index (χ3n) is 5.31. The summed E-state index contributed by atoms with van der Waals surface area (Å²) < 4.78 is 0. The molecule has 2 N–H and O–H groups in total. The summed E-state index contributed by atoms with van der Waals surface area (Å²) in [5, 5.41) is 13.0. The molecule has 0 bridgehead atoms. The molecule has 20 heavy (non-hydrogen) atoms. The average molecular weight is 282 g/mol. The Bertz CT molecular complexity index is 257. The summed E-state index contributed by atoms with van der Waals surface area (Å²) in [6.07, 6.45) is 11.9. The van der Waals surface area contributed by atoms with Crippen LogP contribution in [0.5, 0.6) is 0 Å². The number of piperidine rings is 1. The molecule has 1 heterocycles. The van der Waals surface area contributed by atoms with E-state index in [0.29, 0.717) is 12.6 Å². The Morgan fingerprint density at radius 3 is 2.65 bits per heavy atom. The van der Waals surface area contributed by atoms with Crippen molar-refractivity contribution in [2.45, 2.75) is 76.8 Å². The Balaban J connectivity index is 1.92. The molecule has 3 nitrogen and oxygen atoms in total. The van der Waals surface area contributed by atoms with Crippen molar-refractivity contribution >= 4 is 0 Å². The lowest BCUT2D eigenvalue weighted by Gasteiger charge is -2.39. The third kappa shape index (κ3) is 4.71. The minimum absolute atomic E-state index is 0.350. The van der Waals surface area contributed by atoms with Crippen molar-refractivity contribution in [2.24, 2.45) is 5.92 Å². The number of hydrogen-bond acceptors (Lipinski definition) is 3. The van der Waals surface area contributed by atoms with Crippen molar-refractivity contribution in [3.63, 3.8) is 0 Å². The van der Waals surface area contributed by atoms with Crippen LogP contribution in [0.1, 0.15) is 64.7 Å². The first-order valence-corrected chi connectivity index (χ1v) is 8.93. The highest BCUT2D eigenvalue weighted by atomic mass is 16.3. The highest BCUT2D eigenvalue weighted by molar-refractivity contribution is 4.85. The van der Waals surface area contributed by atoms with Crippen LogP contribution in [-0.2, 0) is 0 Å². The van der Waals surface area contributed by atoms with Gasteiger partial charge in [0.05, 0.1) is 0 Å². The number of hydrogen-bond donors (Lipinski definition) is 2. The molecule has 1 aliphatic carbocycles. The van der Waals surface area contributed by atoms with Crippen LogP contribution in [0, 0.1) is 5.92 Å². The molecule has 0 spiro atoms. The van der Waals surface area contributed by atoms with Gasteiger partial charge in [0.25, 0.3) is 0 Å². The van der Waals surface area contributed by atoms with Crippen LogP contribution in [0.25, 0.3) is 0 Å². The quantitative estimate of drug-likeness (QED) is 0.735. The predicted octanol–water partition coefficient (Wildman–Crippen LogP) is 2.78. The molecule has 0 aromatic heterocycles. The van der Waals surface area contributed by atoms with E-state index in [2.05, 4.69) is 17.1 Å². The Morgan fingerprint density at radius 1 is 1.05 bits per heavy atom. The van der Waals surface area contributed by atoms with E-state index in [0.717, 1.165) is 24.9 Å². The van der Waals surface area contributed by atoms with Gasteiger partial charge >= 0.3 is 0 Å². The second-order valence-electron chi connectivity index (χ2n) is 6.72. The lowest BCUT2D eigenvalue weighted by atomic mass is 9.91. The molecule has 1 saturated heterocycles. The van der Waals surface area contributed by atoms with Crippen LogP contribution >= 0.6 is 0 Å². The van der Waals surface area contributed by atoms with Gasteiger partial charge in [-0.2, -0.15) is 0 Å². The third-order valence-corrected chi connectivity index (χ3v) is 5.31. The minimum Gasteiger partial charge on any atom is -0.396 e. The smallest absolute Gasteiger partial charge is 0.0445 e. The van der Waals surface area contributed by atoms with Gasteiger partial charge in [-0.1, -0.05) is 32.6 Å². The van der Waals surface area contributed by atoms with Gasteiger partial charge < -0.3 is 10.4 Å². The van der Waals surface area contributed by atoms with Crippen LogP contribution in [0.2, 0.25) is 0 Å². The first kappa shape index (κ1) is 16.3. The molecule has 0 amide bonds. The number of nitrogens with one attached hydrogen (secondary N) is 1. The van der Waals surface area contributed by atoms with Crippen molar-refractivity contribution in [2.75, 3.05) is 26.2 Å². The van der Waals surface area contributed by atoms with E-state index in [9.17, 15) is 5.11 Å². The first-order valence-electron chi connectivity index (χ1n) is 8.93. The molecular weight excluding hydrogens is 248 g/mol. The zero-order chi connectivity index (χ0) is 14.2. The molecule has 0 aromatic rings. The fourth-order valence-corrected chi connectivity index (χ4v) is 4.21. The lowest BCUT2D eigenvalue weighted by molar-refractivity contribution is 0.0908. The Morgan fingerprint density at radius 2 is 1.85 bits per heavy atom. The van der Waals surface area contributed by atoms with Gasteiger partial charge in [0.2, 0.25) is 0 Å². The van der Waals surface area contributed by atoms with Gasteiger partial charge in [-0.05, 0) is 51.1 Å². The first-order chi connectivity index (χ1) is 9.85. The Kier molecular flexibility index (Phi) is 7.32. The van der Waals surface area contributed by atoms with E-state index in [-0.39, 0.29) is 0 Å². The number of aliphatic hydroxyl groups excluding tert-OH is 1. The molecule has 3 unspecified atom stereocenters. The van der Waals surface area contributed by atoms with Crippen LogP contribution in [0.15, 0.2) is 0 Å². The molecule has 0 aromatic carbocycles. The average Bonchev–Trinajstić information content (AvgIpc) is 2.68. The SMILES string of the molecule is CCNC1CCCCCC1CN1CCCCC1CCO. The van der Waals surface area contributed by atoms with Crippen molar-refractivity contribution < 1.29 is 5.11 Å². The van der Waals surface area contributed by atoms with E-state index < -0.39 is 0 Å². The Hall–Kier alpha value is -0.120. The molecule has 2 fully saturated rings. The van der Waals surface area contributed by atoms with Crippen LogP contribution in [0.4, 0.5) is 0 Å².